The lowest BCUT2D eigenvalue weighted by Crippen LogP contribution is -2.34. The van der Waals surface area contributed by atoms with Gasteiger partial charge in [0.2, 0.25) is 0 Å². The number of esters is 1. The summed E-state index contributed by atoms with van der Waals surface area (Å²) in [4.78, 5) is 16.2. The number of nitrogens with zero attached hydrogens (tertiary/aromatic N) is 3. The molecule has 0 spiro atoms. The summed E-state index contributed by atoms with van der Waals surface area (Å²) < 4.78 is 38.7. The number of aromatic nitrogens is 3. The van der Waals surface area contributed by atoms with Crippen LogP contribution in [0.15, 0.2) is 48.8 Å². The van der Waals surface area contributed by atoms with Crippen LogP contribution in [-0.4, -0.2) is 56.6 Å². The fourth-order valence-electron chi connectivity index (χ4n) is 4.82. The van der Waals surface area contributed by atoms with E-state index in [0.29, 0.717) is 29.2 Å². The standard InChI is InChI=1S/C26H34N5O7P/c1-17(13-35-23(32)24(2,3)4)30-39(34,38-18-8-6-5-7-9-18)36-14-19-12-25(33)15-26(25,37-19)21-11-10-20-22(27)28-16-29-31(20)21/h5-11,16-17,19,33H,12-15H2,1-4H3,(H,30,34)(H2,27,28,29)/t17-,19-,25-,26-,39?/m0/s1. The maximum atomic E-state index is 13.8. The zero-order chi connectivity index (χ0) is 28.1. The Morgan fingerprint density at radius 2 is 2.05 bits per heavy atom. The van der Waals surface area contributed by atoms with Gasteiger partial charge in [0.05, 0.1) is 23.8 Å². The second-order valence-electron chi connectivity index (χ2n) is 11.2. The molecule has 1 unspecified atom stereocenters. The van der Waals surface area contributed by atoms with E-state index in [0.717, 1.165) is 0 Å². The van der Waals surface area contributed by atoms with Gasteiger partial charge in [-0.05, 0) is 52.0 Å². The van der Waals surface area contributed by atoms with Crippen LogP contribution in [0, 0.1) is 5.41 Å². The molecule has 39 heavy (non-hydrogen) atoms. The minimum atomic E-state index is -3.95. The van der Waals surface area contributed by atoms with Crippen LogP contribution in [0.3, 0.4) is 0 Å². The molecular weight excluding hydrogens is 525 g/mol. The molecule has 1 aliphatic carbocycles. The molecule has 0 bridgehead atoms. The molecule has 2 aliphatic rings. The minimum absolute atomic E-state index is 0.0311. The van der Waals surface area contributed by atoms with E-state index in [-0.39, 0.29) is 25.6 Å². The molecule has 5 atom stereocenters. The number of fused-ring (bicyclic) bond motifs is 2. The van der Waals surface area contributed by atoms with E-state index in [9.17, 15) is 14.5 Å². The summed E-state index contributed by atoms with van der Waals surface area (Å²) in [5.41, 5.74) is 4.47. The van der Waals surface area contributed by atoms with E-state index >= 15 is 0 Å². The number of hydrogen-bond acceptors (Lipinski definition) is 10. The number of carbonyl (C=O) groups excluding carboxylic acids is 1. The van der Waals surface area contributed by atoms with Crippen LogP contribution in [0.25, 0.3) is 5.52 Å². The van der Waals surface area contributed by atoms with Gasteiger partial charge in [-0.25, -0.2) is 19.2 Å². The summed E-state index contributed by atoms with van der Waals surface area (Å²) >= 11 is 0. The number of para-hydroxylation sites is 1. The first-order chi connectivity index (χ1) is 18.3. The second-order valence-corrected chi connectivity index (χ2v) is 12.9. The Labute approximate surface area is 226 Å². The van der Waals surface area contributed by atoms with Gasteiger partial charge < -0.3 is 24.8 Å². The normalized spacial score (nSPS) is 26.5. The quantitative estimate of drug-likeness (QED) is 0.247. The van der Waals surface area contributed by atoms with Gasteiger partial charge in [-0.3, -0.25) is 9.32 Å². The van der Waals surface area contributed by atoms with Crippen molar-refractivity contribution >= 4 is 25.1 Å². The number of benzene rings is 1. The molecule has 4 N–H and O–H groups in total. The van der Waals surface area contributed by atoms with Crippen molar-refractivity contribution in [2.45, 2.75) is 63.9 Å². The molecule has 1 saturated heterocycles. The number of ether oxygens (including phenoxy) is 2. The smallest absolute Gasteiger partial charge is 0.459 e. The molecule has 1 aliphatic heterocycles. The van der Waals surface area contributed by atoms with Gasteiger partial charge in [-0.1, -0.05) is 18.2 Å². The lowest BCUT2D eigenvalue weighted by atomic mass is 9.97. The molecule has 2 fully saturated rings. The molecule has 12 nitrogen and oxygen atoms in total. The first kappa shape index (κ1) is 27.5. The largest absolute Gasteiger partial charge is 0.464 e. The van der Waals surface area contributed by atoms with E-state index in [1.807, 2.05) is 12.1 Å². The number of nitrogens with two attached hydrogens (primary N) is 1. The molecule has 0 amide bonds. The van der Waals surface area contributed by atoms with Crippen molar-refractivity contribution in [3.05, 3.63) is 54.5 Å². The highest BCUT2D eigenvalue weighted by atomic mass is 31.2. The molecule has 5 rings (SSSR count). The van der Waals surface area contributed by atoms with Crippen LogP contribution in [0.1, 0.15) is 46.2 Å². The monoisotopic (exact) mass is 559 g/mol. The van der Waals surface area contributed by atoms with Crippen LogP contribution in [0.5, 0.6) is 5.75 Å². The summed E-state index contributed by atoms with van der Waals surface area (Å²) in [6.45, 7) is 6.83. The zero-order valence-electron chi connectivity index (χ0n) is 22.4. The Morgan fingerprint density at radius 3 is 2.77 bits per heavy atom. The molecule has 13 heteroatoms. The molecule has 3 aromatic rings. The van der Waals surface area contributed by atoms with Crippen molar-refractivity contribution in [2.24, 2.45) is 5.41 Å². The number of nitrogens with one attached hydrogen (secondary N) is 1. The summed E-state index contributed by atoms with van der Waals surface area (Å²) in [6.07, 6.45) is 1.43. The van der Waals surface area contributed by atoms with Gasteiger partial charge in [-0.2, -0.15) is 5.10 Å². The van der Waals surface area contributed by atoms with Gasteiger partial charge in [0.1, 0.15) is 35.4 Å². The topological polar surface area (TPSA) is 160 Å². The molecule has 3 heterocycles. The average molecular weight is 560 g/mol. The molecular formula is C26H34N5O7P. The van der Waals surface area contributed by atoms with Gasteiger partial charge in [0.15, 0.2) is 5.82 Å². The van der Waals surface area contributed by atoms with Crippen molar-refractivity contribution in [3.63, 3.8) is 0 Å². The highest BCUT2D eigenvalue weighted by molar-refractivity contribution is 7.52. The maximum Gasteiger partial charge on any atom is 0.459 e. The number of rotatable bonds is 10. The van der Waals surface area contributed by atoms with E-state index in [2.05, 4.69) is 15.2 Å². The van der Waals surface area contributed by atoms with Crippen molar-refractivity contribution in [1.29, 1.82) is 0 Å². The summed E-state index contributed by atoms with van der Waals surface area (Å²) in [7, 11) is -3.95. The van der Waals surface area contributed by atoms with E-state index in [1.165, 1.54) is 6.33 Å². The third-order valence-corrected chi connectivity index (χ3v) is 8.55. The van der Waals surface area contributed by atoms with Crippen molar-refractivity contribution in [3.8, 4) is 5.75 Å². The first-order valence-corrected chi connectivity index (χ1v) is 14.3. The van der Waals surface area contributed by atoms with Crippen molar-refractivity contribution < 1.29 is 33.0 Å². The molecule has 1 saturated carbocycles. The third-order valence-electron chi connectivity index (χ3n) is 6.85. The second kappa shape index (κ2) is 9.87. The van der Waals surface area contributed by atoms with Crippen LogP contribution < -0.4 is 15.3 Å². The van der Waals surface area contributed by atoms with Crippen LogP contribution in [-0.2, 0) is 29.0 Å². The van der Waals surface area contributed by atoms with Gasteiger partial charge in [0.25, 0.3) is 0 Å². The molecule has 2 aromatic heterocycles. The molecule has 1 aromatic carbocycles. The maximum absolute atomic E-state index is 13.8. The minimum Gasteiger partial charge on any atom is -0.464 e. The van der Waals surface area contributed by atoms with E-state index in [1.54, 1.807) is 62.5 Å². The van der Waals surface area contributed by atoms with Gasteiger partial charge >= 0.3 is 13.7 Å². The Hall–Kier alpha value is -3.02. The zero-order valence-corrected chi connectivity index (χ0v) is 23.3. The SMILES string of the molecule is C[C@@H](COC(=O)C(C)(C)C)NP(=O)(OC[C@@H]1C[C@]2(O)C[C@@]2(c2ccc3c(N)ncnn23)O1)Oc1ccccc1. The fraction of sp³-hybridized carbons (Fsp3) is 0.500. The summed E-state index contributed by atoms with van der Waals surface area (Å²) in [5, 5.41) is 18.4. The summed E-state index contributed by atoms with van der Waals surface area (Å²) in [6, 6.07) is 11.7. The third kappa shape index (κ3) is 5.39. The van der Waals surface area contributed by atoms with Crippen LogP contribution in [0.2, 0.25) is 0 Å². The predicted octanol–water partition coefficient (Wildman–Crippen LogP) is 3.20. The lowest BCUT2D eigenvalue weighted by molar-refractivity contribution is -0.153. The number of anilines is 1. The van der Waals surface area contributed by atoms with Crippen LogP contribution >= 0.6 is 7.75 Å². The highest BCUT2D eigenvalue weighted by Gasteiger charge is 2.76. The van der Waals surface area contributed by atoms with E-state index < -0.39 is 36.5 Å². The number of hydrogen-bond donors (Lipinski definition) is 3. The van der Waals surface area contributed by atoms with Crippen molar-refractivity contribution in [1.82, 2.24) is 19.7 Å². The predicted molar refractivity (Wildman–Crippen MR) is 142 cm³/mol. The lowest BCUT2D eigenvalue weighted by Gasteiger charge is -2.26. The summed E-state index contributed by atoms with van der Waals surface area (Å²) in [5.74, 6) is 0.287. The Morgan fingerprint density at radius 1 is 1.31 bits per heavy atom. The van der Waals surface area contributed by atoms with Gasteiger partial charge in [-0.15, -0.1) is 0 Å². The highest BCUT2D eigenvalue weighted by Crippen LogP contribution is 2.66. The van der Waals surface area contributed by atoms with E-state index in [4.69, 9.17) is 24.3 Å². The Kier molecular flexibility index (Phi) is 6.97. The van der Waals surface area contributed by atoms with Crippen molar-refractivity contribution in [2.75, 3.05) is 18.9 Å². The Balaban J connectivity index is 1.28. The molecule has 0 radical (unpaired) electrons. The molecule has 210 valence electrons. The number of nitrogen functional groups attached to an aromatic ring is 1. The average Bonchev–Trinajstić information content (AvgIpc) is 3.15. The first-order valence-electron chi connectivity index (χ1n) is 12.8. The van der Waals surface area contributed by atoms with Gasteiger partial charge in [0, 0.05) is 18.9 Å². The fourth-order valence-corrected chi connectivity index (χ4v) is 6.37. The number of aliphatic hydroxyl groups is 1. The number of carbonyl (C=O) groups is 1. The Bertz CT molecular complexity index is 1410. The van der Waals surface area contributed by atoms with Crippen LogP contribution in [0.4, 0.5) is 5.82 Å².